The van der Waals surface area contributed by atoms with Crippen LogP contribution in [-0.2, 0) is 9.13 Å². The topological polar surface area (TPSA) is 154 Å². The zero-order valence-electron chi connectivity index (χ0n) is 13.4. The Morgan fingerprint density at radius 2 is 1.48 bits per heavy atom. The lowest BCUT2D eigenvalue weighted by Crippen LogP contribution is -2.10. The summed E-state index contributed by atoms with van der Waals surface area (Å²) >= 11 is 0. The first-order valence-electron chi connectivity index (χ1n) is 6.94. The van der Waals surface area contributed by atoms with Gasteiger partial charge in [0.25, 0.3) is 0 Å². The quantitative estimate of drug-likeness (QED) is 0.395. The summed E-state index contributed by atoms with van der Waals surface area (Å²) in [5, 5.41) is 0. The zero-order chi connectivity index (χ0) is 19.3. The maximum atomic E-state index is 10.7. The average Bonchev–Trinajstić information content (AvgIpc) is 2.56. The number of benzene rings is 1. The molecule has 10 heteroatoms. The van der Waals surface area contributed by atoms with Gasteiger partial charge in [-0.15, -0.1) is 6.58 Å². The highest BCUT2D eigenvalue weighted by molar-refractivity contribution is 7.52. The summed E-state index contributed by atoms with van der Waals surface area (Å²) in [6, 6.07) is 14.0. The van der Waals surface area contributed by atoms with E-state index in [2.05, 4.69) is 11.6 Å². The Hall–Kier alpha value is -1.63. The number of pyridine rings is 1. The van der Waals surface area contributed by atoms with Crippen molar-refractivity contribution < 1.29 is 28.7 Å². The van der Waals surface area contributed by atoms with Crippen molar-refractivity contribution in [3.05, 3.63) is 79.1 Å². The molecule has 0 radical (unpaired) electrons. The van der Waals surface area contributed by atoms with Crippen molar-refractivity contribution in [3.63, 3.8) is 0 Å². The Kier molecular flexibility index (Phi) is 11.1. The van der Waals surface area contributed by atoms with Gasteiger partial charge in [0, 0.05) is 12.4 Å². The van der Waals surface area contributed by atoms with E-state index in [1.807, 2.05) is 18.2 Å². The molecule has 0 fully saturated rings. The SMILES string of the molecule is C=CCP(=O)(O)O.NC(c1ccccc1)P(=O)(O)O.c1ccncc1. The van der Waals surface area contributed by atoms with Gasteiger partial charge >= 0.3 is 15.2 Å². The van der Waals surface area contributed by atoms with Gasteiger partial charge in [-0.25, -0.2) is 0 Å². The Labute approximate surface area is 146 Å². The van der Waals surface area contributed by atoms with Gasteiger partial charge in [-0.3, -0.25) is 14.1 Å². The second-order valence-corrected chi connectivity index (χ2v) is 8.03. The fraction of sp³-hybridized carbons (Fsp3) is 0.133. The van der Waals surface area contributed by atoms with Crippen LogP contribution in [0.4, 0.5) is 0 Å². The number of nitrogens with two attached hydrogens (primary N) is 1. The third-order valence-electron chi connectivity index (χ3n) is 2.44. The van der Waals surface area contributed by atoms with E-state index in [1.54, 1.807) is 42.7 Å². The standard InChI is InChI=1S/C7H10NO3P.C5H5N.C3H7O3P/c8-7(12(9,10)11)6-4-2-1-3-5-6;1-2-4-6-5-3-1;1-2-3-7(4,5)6/h1-5,7H,8H2,(H2,9,10,11);1-5H;2H,1,3H2,(H2,4,5,6). The molecule has 8 nitrogen and oxygen atoms in total. The van der Waals surface area contributed by atoms with E-state index in [9.17, 15) is 9.13 Å². The fourth-order valence-electron chi connectivity index (χ4n) is 1.33. The Morgan fingerprint density at radius 3 is 1.72 bits per heavy atom. The summed E-state index contributed by atoms with van der Waals surface area (Å²) in [7, 11) is -7.98. The first-order valence-corrected chi connectivity index (χ1v) is 10.4. The Balaban J connectivity index is 0.000000377. The number of hydrogen-bond donors (Lipinski definition) is 5. The lowest BCUT2D eigenvalue weighted by atomic mass is 10.2. The molecule has 0 bridgehead atoms. The first kappa shape index (κ1) is 23.4. The summed E-state index contributed by atoms with van der Waals surface area (Å²) < 4.78 is 20.6. The molecule has 25 heavy (non-hydrogen) atoms. The molecule has 0 aliphatic rings. The summed E-state index contributed by atoms with van der Waals surface area (Å²) in [6.07, 6.45) is 4.47. The van der Waals surface area contributed by atoms with E-state index >= 15 is 0 Å². The highest BCUT2D eigenvalue weighted by Gasteiger charge is 2.25. The van der Waals surface area contributed by atoms with Crippen molar-refractivity contribution in [1.29, 1.82) is 0 Å². The van der Waals surface area contributed by atoms with Crippen LogP contribution in [0.5, 0.6) is 0 Å². The smallest absolute Gasteiger partial charge is 0.324 e. The van der Waals surface area contributed by atoms with Crippen molar-refractivity contribution in [1.82, 2.24) is 4.98 Å². The minimum atomic E-state index is -4.20. The summed E-state index contributed by atoms with van der Waals surface area (Å²) in [5.41, 5.74) is 5.76. The van der Waals surface area contributed by atoms with Gasteiger partial charge in [0.2, 0.25) is 0 Å². The zero-order valence-corrected chi connectivity index (χ0v) is 15.2. The van der Waals surface area contributed by atoms with Crippen LogP contribution < -0.4 is 5.73 Å². The highest BCUT2D eigenvalue weighted by Crippen LogP contribution is 2.47. The van der Waals surface area contributed by atoms with Crippen molar-refractivity contribution in [2.75, 3.05) is 6.16 Å². The molecule has 1 aromatic carbocycles. The lowest BCUT2D eigenvalue weighted by molar-refractivity contribution is 0.359. The molecule has 1 heterocycles. The molecule has 0 saturated heterocycles. The molecule has 138 valence electrons. The highest BCUT2D eigenvalue weighted by atomic mass is 31.2. The monoisotopic (exact) mass is 388 g/mol. The summed E-state index contributed by atoms with van der Waals surface area (Å²) in [5.74, 6) is -1.21. The molecule has 0 saturated carbocycles. The lowest BCUT2D eigenvalue weighted by Gasteiger charge is -2.12. The van der Waals surface area contributed by atoms with E-state index in [0.29, 0.717) is 5.56 Å². The van der Waals surface area contributed by atoms with Crippen molar-refractivity contribution >= 4 is 15.2 Å². The van der Waals surface area contributed by atoms with Crippen LogP contribution >= 0.6 is 15.2 Å². The van der Waals surface area contributed by atoms with Gasteiger partial charge in [-0.05, 0) is 17.7 Å². The van der Waals surface area contributed by atoms with E-state index in [4.69, 9.17) is 25.3 Å². The predicted molar refractivity (Wildman–Crippen MR) is 96.8 cm³/mol. The van der Waals surface area contributed by atoms with Gasteiger partial charge in [0.1, 0.15) is 5.78 Å². The van der Waals surface area contributed by atoms with E-state index in [0.717, 1.165) is 0 Å². The normalized spacial score (nSPS) is 11.9. The van der Waals surface area contributed by atoms with Crippen LogP contribution in [0.2, 0.25) is 0 Å². The maximum Gasteiger partial charge on any atom is 0.346 e. The largest absolute Gasteiger partial charge is 0.346 e. The van der Waals surface area contributed by atoms with Gasteiger partial charge in [-0.1, -0.05) is 42.5 Å². The average molecular weight is 388 g/mol. The molecule has 2 aromatic rings. The molecular weight excluding hydrogens is 366 g/mol. The number of hydrogen-bond acceptors (Lipinski definition) is 4. The van der Waals surface area contributed by atoms with Gasteiger partial charge < -0.3 is 25.3 Å². The van der Waals surface area contributed by atoms with E-state index in [1.165, 1.54) is 6.08 Å². The molecule has 1 atom stereocenters. The van der Waals surface area contributed by atoms with Crippen LogP contribution in [0.3, 0.4) is 0 Å². The molecule has 0 aliphatic carbocycles. The van der Waals surface area contributed by atoms with E-state index in [-0.39, 0.29) is 6.16 Å². The second-order valence-electron chi connectivity index (χ2n) is 4.61. The summed E-state index contributed by atoms with van der Waals surface area (Å²) in [4.78, 5) is 37.4. The van der Waals surface area contributed by atoms with Crippen LogP contribution in [0, 0.1) is 0 Å². The predicted octanol–water partition coefficient (Wildman–Crippen LogP) is 2.25. The number of rotatable bonds is 4. The van der Waals surface area contributed by atoms with Crippen molar-refractivity contribution in [3.8, 4) is 0 Å². The number of nitrogens with zero attached hydrogens (tertiary/aromatic N) is 1. The first-order chi connectivity index (χ1) is 11.6. The van der Waals surface area contributed by atoms with Crippen LogP contribution in [-0.4, -0.2) is 30.7 Å². The molecule has 6 N–H and O–H groups in total. The van der Waals surface area contributed by atoms with E-state index < -0.39 is 21.0 Å². The Morgan fingerprint density at radius 1 is 1.00 bits per heavy atom. The van der Waals surface area contributed by atoms with Crippen LogP contribution in [0.1, 0.15) is 11.3 Å². The van der Waals surface area contributed by atoms with Gasteiger partial charge in [-0.2, -0.15) is 0 Å². The molecule has 1 aromatic heterocycles. The molecule has 0 spiro atoms. The summed E-state index contributed by atoms with van der Waals surface area (Å²) in [6.45, 7) is 3.15. The number of aromatic nitrogens is 1. The minimum Gasteiger partial charge on any atom is -0.324 e. The molecule has 1 unspecified atom stereocenters. The second kappa shape index (κ2) is 11.8. The van der Waals surface area contributed by atoms with Gasteiger partial charge in [0.05, 0.1) is 6.16 Å². The van der Waals surface area contributed by atoms with Crippen LogP contribution in [0.15, 0.2) is 73.6 Å². The number of allylic oxidation sites excluding steroid dienone is 1. The molecule has 0 amide bonds. The van der Waals surface area contributed by atoms with Crippen molar-refractivity contribution in [2.45, 2.75) is 5.78 Å². The molecular formula is C15H22N2O6P2. The molecule has 2 rings (SSSR count). The van der Waals surface area contributed by atoms with Crippen LogP contribution in [0.25, 0.3) is 0 Å². The third kappa shape index (κ3) is 13.3. The van der Waals surface area contributed by atoms with Gasteiger partial charge in [0.15, 0.2) is 0 Å². The fourth-order valence-corrected chi connectivity index (χ4v) is 2.22. The molecule has 0 aliphatic heterocycles. The Bertz CT molecular complexity index is 661. The van der Waals surface area contributed by atoms with Crippen molar-refractivity contribution in [2.24, 2.45) is 5.73 Å². The minimum absolute atomic E-state index is 0.229. The third-order valence-corrected chi connectivity index (χ3v) is 4.19. The maximum absolute atomic E-state index is 10.7.